The summed E-state index contributed by atoms with van der Waals surface area (Å²) in [5.74, 6) is -0.539. The monoisotopic (exact) mass is 455 g/mol. The quantitative estimate of drug-likeness (QED) is 0.664. The van der Waals surface area contributed by atoms with Crippen LogP contribution in [0.2, 0.25) is 5.02 Å². The normalized spacial score (nSPS) is 14.0. The first-order valence-corrected chi connectivity index (χ1v) is 9.67. The van der Waals surface area contributed by atoms with Gasteiger partial charge >= 0.3 is 5.51 Å². The van der Waals surface area contributed by atoms with Gasteiger partial charge in [0.2, 0.25) is 0 Å². The molecule has 2 aromatic carbocycles. The summed E-state index contributed by atoms with van der Waals surface area (Å²) in [7, 11) is 0. The molecule has 0 aliphatic heterocycles. The number of carbonyl (C=O) groups is 1. The van der Waals surface area contributed by atoms with Gasteiger partial charge in [-0.3, -0.25) is 4.79 Å². The summed E-state index contributed by atoms with van der Waals surface area (Å²) in [5.41, 5.74) is -6.12. The van der Waals surface area contributed by atoms with Crippen molar-refractivity contribution in [2.75, 3.05) is 6.61 Å². The van der Waals surface area contributed by atoms with Gasteiger partial charge in [0.15, 0.2) is 10.4 Å². The molecule has 1 amide bonds. The van der Waals surface area contributed by atoms with Crippen molar-refractivity contribution in [3.63, 3.8) is 0 Å². The molecule has 0 fully saturated rings. The molecular weight excluding hydrogens is 443 g/mol. The first-order chi connectivity index (χ1) is 14.0. The van der Waals surface area contributed by atoms with Crippen LogP contribution in [0.3, 0.4) is 0 Å². The number of nitrogens with one attached hydrogen (secondary N) is 1. The van der Waals surface area contributed by atoms with Crippen LogP contribution in [0.15, 0.2) is 47.4 Å². The number of alkyl halides is 3. The van der Waals surface area contributed by atoms with Crippen LogP contribution in [0.25, 0.3) is 0 Å². The van der Waals surface area contributed by atoms with E-state index in [9.17, 15) is 27.8 Å². The van der Waals surface area contributed by atoms with Gasteiger partial charge in [-0.25, -0.2) is 0 Å². The number of nitriles is 2. The van der Waals surface area contributed by atoms with E-state index in [-0.39, 0.29) is 22.9 Å². The van der Waals surface area contributed by atoms with Crippen molar-refractivity contribution in [3.8, 4) is 17.9 Å². The molecule has 11 heteroatoms. The lowest BCUT2D eigenvalue weighted by atomic mass is 10.1. The van der Waals surface area contributed by atoms with Crippen LogP contribution in [-0.4, -0.2) is 28.1 Å². The predicted molar refractivity (Wildman–Crippen MR) is 102 cm³/mol. The van der Waals surface area contributed by atoms with Crippen LogP contribution < -0.4 is 10.1 Å². The predicted octanol–water partition coefficient (Wildman–Crippen LogP) is 3.93. The molecule has 1 N–H and O–H groups in total. The zero-order chi connectivity index (χ0) is 22.5. The number of ether oxygens (including phenoxy) is 1. The number of carbonyl (C=O) groups excluding carboxylic acids is 1. The molecular formula is C19H13ClF3N3O3S. The minimum Gasteiger partial charge on any atom is -0.604 e. The van der Waals surface area contributed by atoms with E-state index < -0.39 is 33.0 Å². The number of halogens is 4. The average Bonchev–Trinajstić information content (AvgIpc) is 2.71. The van der Waals surface area contributed by atoms with Crippen molar-refractivity contribution in [1.29, 1.82) is 10.5 Å². The SMILES string of the molecule is CC(C#N)(COc1ccc(C#N)cc1Cl)NC(=O)c1ccc([S+]([O-])C(F)(F)F)cc1. The first kappa shape index (κ1) is 23.4. The fourth-order valence-corrected chi connectivity index (χ4v) is 3.08. The van der Waals surface area contributed by atoms with Gasteiger partial charge in [-0.05, 0) is 49.4 Å². The molecule has 0 radical (unpaired) electrons. The minimum atomic E-state index is -4.91. The fraction of sp³-hybridized carbons (Fsp3) is 0.211. The first-order valence-electron chi connectivity index (χ1n) is 8.14. The standard InChI is InChI=1S/C19H13ClF3N3O3S/c1-18(10-25,11-29-16-7-2-12(9-24)8-15(16)20)26-17(27)13-3-5-14(6-4-13)30(28)19(21,22)23/h2-8H,11H2,1H3,(H,26,27). The zero-order valence-electron chi connectivity index (χ0n) is 15.3. The molecule has 0 heterocycles. The molecule has 6 nitrogen and oxygen atoms in total. The summed E-state index contributed by atoms with van der Waals surface area (Å²) in [5, 5.41) is 20.8. The molecule has 0 saturated carbocycles. The molecule has 0 aliphatic rings. The highest BCUT2D eigenvalue weighted by atomic mass is 35.5. The molecule has 0 saturated heterocycles. The summed E-state index contributed by atoms with van der Waals surface area (Å²) in [6.07, 6.45) is 0. The van der Waals surface area contributed by atoms with Gasteiger partial charge in [0, 0.05) is 5.56 Å². The third-order valence-corrected chi connectivity index (χ3v) is 5.17. The maximum atomic E-state index is 12.5. The average molecular weight is 456 g/mol. The third-order valence-electron chi connectivity index (χ3n) is 3.75. The van der Waals surface area contributed by atoms with Crippen molar-refractivity contribution in [2.45, 2.75) is 22.9 Å². The number of amides is 1. The molecule has 0 aromatic heterocycles. The second kappa shape index (κ2) is 9.26. The molecule has 2 unspecified atom stereocenters. The lowest BCUT2D eigenvalue weighted by molar-refractivity contribution is -0.0435. The van der Waals surface area contributed by atoms with E-state index in [1.807, 2.05) is 12.1 Å². The summed E-state index contributed by atoms with van der Waals surface area (Å²) in [4.78, 5) is 11.9. The lowest BCUT2D eigenvalue weighted by Crippen LogP contribution is -2.49. The number of hydrogen-bond donors (Lipinski definition) is 1. The van der Waals surface area contributed by atoms with Crippen molar-refractivity contribution in [2.24, 2.45) is 0 Å². The highest BCUT2D eigenvalue weighted by Crippen LogP contribution is 2.30. The second-order valence-electron chi connectivity index (χ2n) is 6.18. The zero-order valence-corrected chi connectivity index (χ0v) is 16.9. The van der Waals surface area contributed by atoms with Crippen molar-refractivity contribution >= 4 is 28.7 Å². The summed E-state index contributed by atoms with van der Waals surface area (Å²) >= 11 is 2.79. The van der Waals surface area contributed by atoms with Crippen LogP contribution in [0.4, 0.5) is 13.2 Å². The van der Waals surface area contributed by atoms with Crippen molar-refractivity contribution in [1.82, 2.24) is 5.32 Å². The fourth-order valence-electron chi connectivity index (χ4n) is 2.19. The Labute approximate surface area is 178 Å². The van der Waals surface area contributed by atoms with Gasteiger partial charge in [0.25, 0.3) is 5.91 Å². The van der Waals surface area contributed by atoms with Gasteiger partial charge in [-0.15, -0.1) is 13.2 Å². The molecule has 2 aromatic rings. The van der Waals surface area contributed by atoms with Crippen LogP contribution in [-0.2, 0) is 11.2 Å². The van der Waals surface area contributed by atoms with Gasteiger partial charge in [-0.1, -0.05) is 11.6 Å². The van der Waals surface area contributed by atoms with Gasteiger partial charge in [0.05, 0.1) is 33.9 Å². The van der Waals surface area contributed by atoms with Crippen LogP contribution in [0.1, 0.15) is 22.8 Å². The number of benzene rings is 2. The van der Waals surface area contributed by atoms with Gasteiger partial charge in [0.1, 0.15) is 12.4 Å². The smallest absolute Gasteiger partial charge is 0.578 e. The Morgan fingerprint density at radius 3 is 2.37 bits per heavy atom. The highest BCUT2D eigenvalue weighted by molar-refractivity contribution is 7.92. The van der Waals surface area contributed by atoms with Crippen LogP contribution in [0, 0.1) is 22.7 Å². The maximum absolute atomic E-state index is 12.5. The highest BCUT2D eigenvalue weighted by Gasteiger charge is 2.46. The number of rotatable bonds is 6. The molecule has 156 valence electrons. The molecule has 2 rings (SSSR count). The molecule has 30 heavy (non-hydrogen) atoms. The summed E-state index contributed by atoms with van der Waals surface area (Å²) in [6.45, 7) is 1.09. The van der Waals surface area contributed by atoms with E-state index >= 15 is 0 Å². The Hall–Kier alpha value is -2.92. The van der Waals surface area contributed by atoms with E-state index in [4.69, 9.17) is 21.6 Å². The van der Waals surface area contributed by atoms with E-state index in [0.29, 0.717) is 5.56 Å². The maximum Gasteiger partial charge on any atom is 0.578 e. The van der Waals surface area contributed by atoms with E-state index in [0.717, 1.165) is 24.3 Å². The Morgan fingerprint density at radius 1 is 1.23 bits per heavy atom. The van der Waals surface area contributed by atoms with E-state index in [1.165, 1.54) is 25.1 Å². The van der Waals surface area contributed by atoms with E-state index in [2.05, 4.69) is 5.32 Å². The third kappa shape index (κ3) is 5.80. The summed E-state index contributed by atoms with van der Waals surface area (Å²) in [6, 6.07) is 12.1. The molecule has 0 bridgehead atoms. The van der Waals surface area contributed by atoms with Crippen molar-refractivity contribution in [3.05, 3.63) is 58.6 Å². The Morgan fingerprint density at radius 2 is 1.87 bits per heavy atom. The largest absolute Gasteiger partial charge is 0.604 e. The topological polar surface area (TPSA) is 109 Å². The lowest BCUT2D eigenvalue weighted by Gasteiger charge is -2.24. The molecule has 2 atom stereocenters. The van der Waals surface area contributed by atoms with Gasteiger partial charge < -0.3 is 14.6 Å². The Balaban J connectivity index is 2.08. The number of hydrogen-bond acceptors (Lipinski definition) is 5. The van der Waals surface area contributed by atoms with Crippen LogP contribution >= 0.6 is 11.6 Å². The Bertz CT molecular complexity index is 1020. The number of nitrogens with zero attached hydrogens (tertiary/aromatic N) is 2. The van der Waals surface area contributed by atoms with E-state index in [1.54, 1.807) is 0 Å². The molecule has 0 aliphatic carbocycles. The molecule has 0 spiro atoms. The van der Waals surface area contributed by atoms with Crippen LogP contribution in [0.5, 0.6) is 5.75 Å². The van der Waals surface area contributed by atoms with Gasteiger partial charge in [-0.2, -0.15) is 10.5 Å². The van der Waals surface area contributed by atoms with Crippen molar-refractivity contribution < 1.29 is 27.3 Å². The summed E-state index contributed by atoms with van der Waals surface area (Å²) < 4.78 is 54.3. The Kier molecular flexibility index (Phi) is 7.21. The minimum absolute atomic E-state index is 0.0317. The second-order valence-corrected chi connectivity index (χ2v) is 8.06.